The summed E-state index contributed by atoms with van der Waals surface area (Å²) >= 11 is 0. The molecule has 1 aliphatic rings. The summed E-state index contributed by atoms with van der Waals surface area (Å²) in [5, 5.41) is 0. The minimum atomic E-state index is -0.168. The van der Waals surface area contributed by atoms with Crippen LogP contribution in [0.2, 0.25) is 0 Å². The van der Waals surface area contributed by atoms with Gasteiger partial charge in [0.2, 0.25) is 0 Å². The fourth-order valence-corrected chi connectivity index (χ4v) is 2.72. The smallest absolute Gasteiger partial charge is 0.260 e. The normalized spacial score (nSPS) is 17.7. The third kappa shape index (κ3) is 3.94. The molecule has 1 amide bonds. The number of carbonyl (C=O) groups excluding carboxylic acids is 1. The average molecular weight is 314 g/mol. The van der Waals surface area contributed by atoms with Gasteiger partial charge in [-0.05, 0) is 25.0 Å². The number of nitrogens with one attached hydrogen (secondary N) is 1. The zero-order valence-corrected chi connectivity index (χ0v) is 12.6. The molecular formula is C16H18N4O3. The number of likely N-dealkylation sites (tertiary alicyclic amines) is 1. The number of carbonyl (C=O) groups is 1. The Hall–Kier alpha value is -2.70. The van der Waals surface area contributed by atoms with Crippen molar-refractivity contribution in [2.45, 2.75) is 18.8 Å². The van der Waals surface area contributed by atoms with E-state index in [0.29, 0.717) is 18.8 Å². The van der Waals surface area contributed by atoms with E-state index in [2.05, 4.69) is 15.0 Å². The number of aromatic amines is 1. The van der Waals surface area contributed by atoms with Gasteiger partial charge in [0.15, 0.2) is 6.61 Å². The molecule has 0 radical (unpaired) electrons. The van der Waals surface area contributed by atoms with Crippen molar-refractivity contribution in [1.82, 2.24) is 19.9 Å². The molecule has 2 aromatic rings. The molecule has 2 aromatic heterocycles. The van der Waals surface area contributed by atoms with Crippen LogP contribution in [0.5, 0.6) is 5.75 Å². The molecule has 0 bridgehead atoms. The van der Waals surface area contributed by atoms with Gasteiger partial charge in [0.25, 0.3) is 11.5 Å². The Bertz CT molecular complexity index is 717. The second kappa shape index (κ2) is 7.04. The summed E-state index contributed by atoms with van der Waals surface area (Å²) in [6.45, 7) is 1.25. The Kier molecular flexibility index (Phi) is 4.65. The molecule has 1 atom stereocenters. The van der Waals surface area contributed by atoms with Crippen LogP contribution in [0.15, 0.2) is 41.7 Å². The number of hydrogen-bond donors (Lipinski definition) is 1. The molecule has 23 heavy (non-hydrogen) atoms. The number of nitrogens with zero attached hydrogens (tertiary/aromatic N) is 3. The van der Waals surface area contributed by atoms with Gasteiger partial charge in [-0.1, -0.05) is 0 Å². The predicted molar refractivity (Wildman–Crippen MR) is 83.1 cm³/mol. The zero-order valence-electron chi connectivity index (χ0n) is 12.6. The van der Waals surface area contributed by atoms with Gasteiger partial charge in [0.05, 0.1) is 18.2 Å². The maximum Gasteiger partial charge on any atom is 0.260 e. The number of piperidine rings is 1. The summed E-state index contributed by atoms with van der Waals surface area (Å²) < 4.78 is 5.46. The molecular weight excluding hydrogens is 296 g/mol. The molecule has 1 aliphatic heterocycles. The van der Waals surface area contributed by atoms with Crippen molar-refractivity contribution in [2.75, 3.05) is 19.7 Å². The maximum atomic E-state index is 12.3. The SMILES string of the molecule is O=C(COc1cccnc1)N1CCC[C@@H](c2cc(=O)[nH]cn2)C1. The first-order valence-electron chi connectivity index (χ1n) is 7.57. The molecule has 7 heteroatoms. The molecule has 120 valence electrons. The molecule has 0 spiro atoms. The lowest BCUT2D eigenvalue weighted by molar-refractivity contribution is -0.134. The van der Waals surface area contributed by atoms with Crippen LogP contribution >= 0.6 is 0 Å². The van der Waals surface area contributed by atoms with E-state index >= 15 is 0 Å². The summed E-state index contributed by atoms with van der Waals surface area (Å²) in [4.78, 5) is 36.2. The van der Waals surface area contributed by atoms with Gasteiger partial charge < -0.3 is 14.6 Å². The first kappa shape index (κ1) is 15.2. The minimum Gasteiger partial charge on any atom is -0.482 e. The monoisotopic (exact) mass is 314 g/mol. The molecule has 0 saturated carbocycles. The average Bonchev–Trinajstić information content (AvgIpc) is 2.61. The van der Waals surface area contributed by atoms with Crippen LogP contribution in [0.25, 0.3) is 0 Å². The Morgan fingerprint density at radius 2 is 2.39 bits per heavy atom. The van der Waals surface area contributed by atoms with Crippen LogP contribution in [0.1, 0.15) is 24.5 Å². The van der Waals surface area contributed by atoms with Crippen molar-refractivity contribution < 1.29 is 9.53 Å². The van der Waals surface area contributed by atoms with Crippen molar-refractivity contribution in [3.8, 4) is 5.75 Å². The Balaban J connectivity index is 1.59. The molecule has 1 saturated heterocycles. The third-order valence-corrected chi connectivity index (χ3v) is 3.89. The van der Waals surface area contributed by atoms with E-state index in [1.165, 1.54) is 12.4 Å². The van der Waals surface area contributed by atoms with Gasteiger partial charge in [-0.3, -0.25) is 14.6 Å². The molecule has 0 aliphatic carbocycles. The van der Waals surface area contributed by atoms with Gasteiger partial charge in [-0.15, -0.1) is 0 Å². The molecule has 0 aromatic carbocycles. The summed E-state index contributed by atoms with van der Waals surface area (Å²) in [6, 6.07) is 5.03. The predicted octanol–water partition coefficient (Wildman–Crippen LogP) is 0.950. The summed E-state index contributed by atoms with van der Waals surface area (Å²) in [7, 11) is 0. The first-order chi connectivity index (χ1) is 11.2. The van der Waals surface area contributed by atoms with Gasteiger partial charge in [0, 0.05) is 31.3 Å². The lowest BCUT2D eigenvalue weighted by Crippen LogP contribution is -2.41. The fraction of sp³-hybridized carbons (Fsp3) is 0.375. The standard InChI is InChI=1S/C16H18N4O3/c21-15-7-14(18-11-19-15)12-3-2-6-20(9-12)16(22)10-23-13-4-1-5-17-8-13/h1,4-5,7-8,11-12H,2-3,6,9-10H2,(H,18,19,21)/t12-/m1/s1. The number of hydrogen-bond acceptors (Lipinski definition) is 5. The van der Waals surface area contributed by atoms with E-state index in [-0.39, 0.29) is 24.0 Å². The summed E-state index contributed by atoms with van der Waals surface area (Å²) in [6.07, 6.45) is 6.44. The highest BCUT2D eigenvalue weighted by molar-refractivity contribution is 5.78. The lowest BCUT2D eigenvalue weighted by atomic mass is 9.94. The fourth-order valence-electron chi connectivity index (χ4n) is 2.72. The molecule has 7 nitrogen and oxygen atoms in total. The van der Waals surface area contributed by atoms with Crippen LogP contribution in [-0.2, 0) is 4.79 Å². The molecule has 3 heterocycles. The lowest BCUT2D eigenvalue weighted by Gasteiger charge is -2.32. The van der Waals surface area contributed by atoms with Crippen molar-refractivity contribution in [3.63, 3.8) is 0 Å². The van der Waals surface area contributed by atoms with Gasteiger partial charge in [-0.25, -0.2) is 4.98 Å². The van der Waals surface area contributed by atoms with Crippen LogP contribution in [-0.4, -0.2) is 45.5 Å². The maximum absolute atomic E-state index is 12.3. The van der Waals surface area contributed by atoms with Crippen molar-refractivity contribution in [3.05, 3.63) is 53.0 Å². The number of pyridine rings is 1. The number of rotatable bonds is 4. The Labute approximate surface area is 133 Å². The number of aromatic nitrogens is 3. The highest BCUT2D eigenvalue weighted by Gasteiger charge is 2.26. The number of H-pyrrole nitrogens is 1. The van der Waals surface area contributed by atoms with Crippen LogP contribution < -0.4 is 10.3 Å². The van der Waals surface area contributed by atoms with E-state index in [1.807, 2.05) is 0 Å². The summed E-state index contributed by atoms with van der Waals surface area (Å²) in [5.74, 6) is 0.599. The van der Waals surface area contributed by atoms with E-state index < -0.39 is 0 Å². The highest BCUT2D eigenvalue weighted by Crippen LogP contribution is 2.24. The van der Waals surface area contributed by atoms with Gasteiger partial charge >= 0.3 is 0 Å². The van der Waals surface area contributed by atoms with Crippen LogP contribution in [0, 0.1) is 0 Å². The van der Waals surface area contributed by atoms with Gasteiger partial charge in [0.1, 0.15) is 5.75 Å². The van der Waals surface area contributed by atoms with E-state index in [0.717, 1.165) is 18.5 Å². The van der Waals surface area contributed by atoms with Crippen LogP contribution in [0.4, 0.5) is 0 Å². The van der Waals surface area contributed by atoms with Gasteiger partial charge in [-0.2, -0.15) is 0 Å². The molecule has 1 N–H and O–H groups in total. The minimum absolute atomic E-state index is 0.0127. The van der Waals surface area contributed by atoms with E-state index in [4.69, 9.17) is 4.74 Å². The third-order valence-electron chi connectivity index (χ3n) is 3.89. The molecule has 3 rings (SSSR count). The van der Waals surface area contributed by atoms with Crippen molar-refractivity contribution in [2.24, 2.45) is 0 Å². The Morgan fingerprint density at radius 3 is 3.17 bits per heavy atom. The Morgan fingerprint density at radius 1 is 1.48 bits per heavy atom. The second-order valence-corrected chi connectivity index (χ2v) is 5.49. The second-order valence-electron chi connectivity index (χ2n) is 5.49. The van der Waals surface area contributed by atoms with Crippen molar-refractivity contribution >= 4 is 5.91 Å². The quantitative estimate of drug-likeness (QED) is 0.907. The number of amides is 1. The summed E-state index contributed by atoms with van der Waals surface area (Å²) in [5.41, 5.74) is 0.567. The first-order valence-corrected chi connectivity index (χ1v) is 7.57. The zero-order chi connectivity index (χ0) is 16.1. The largest absolute Gasteiger partial charge is 0.482 e. The van der Waals surface area contributed by atoms with E-state index in [1.54, 1.807) is 29.4 Å². The number of ether oxygens (including phenoxy) is 1. The molecule has 1 fully saturated rings. The van der Waals surface area contributed by atoms with E-state index in [9.17, 15) is 9.59 Å². The highest BCUT2D eigenvalue weighted by atomic mass is 16.5. The molecule has 0 unspecified atom stereocenters. The van der Waals surface area contributed by atoms with Crippen molar-refractivity contribution in [1.29, 1.82) is 0 Å². The van der Waals surface area contributed by atoms with Crippen LogP contribution in [0.3, 0.4) is 0 Å². The topological polar surface area (TPSA) is 88.2 Å².